The Morgan fingerprint density at radius 2 is 1.89 bits per heavy atom. The van der Waals surface area contributed by atoms with E-state index in [1.807, 2.05) is 35.0 Å². The summed E-state index contributed by atoms with van der Waals surface area (Å²) in [5.74, 6) is -0.352. The summed E-state index contributed by atoms with van der Waals surface area (Å²) in [5.41, 5.74) is 2.86. The third kappa shape index (κ3) is 4.53. The maximum Gasteiger partial charge on any atom is 0.270 e. The molecule has 8 heteroatoms. The van der Waals surface area contributed by atoms with E-state index in [1.165, 1.54) is 12.1 Å². The molecule has 144 valence electrons. The van der Waals surface area contributed by atoms with Gasteiger partial charge in [-0.3, -0.25) is 14.9 Å². The van der Waals surface area contributed by atoms with E-state index in [0.29, 0.717) is 12.2 Å². The Kier molecular flexibility index (Phi) is 5.69. The number of hydrogen-bond donors (Lipinski definition) is 1. The van der Waals surface area contributed by atoms with Gasteiger partial charge in [0.15, 0.2) is 0 Å². The Bertz CT molecular complexity index is 966. The van der Waals surface area contributed by atoms with Crippen LogP contribution in [0.5, 0.6) is 0 Å². The fourth-order valence-corrected chi connectivity index (χ4v) is 2.84. The summed E-state index contributed by atoms with van der Waals surface area (Å²) in [4.78, 5) is 28.9. The van der Waals surface area contributed by atoms with Gasteiger partial charge in [0.2, 0.25) is 0 Å². The first kappa shape index (κ1) is 19.1. The van der Waals surface area contributed by atoms with E-state index in [1.54, 1.807) is 37.6 Å². The molecule has 0 aliphatic carbocycles. The number of rotatable bonds is 7. The van der Waals surface area contributed by atoms with Crippen LogP contribution in [0.15, 0.2) is 61.2 Å². The van der Waals surface area contributed by atoms with Crippen LogP contribution in [0.1, 0.15) is 21.5 Å². The van der Waals surface area contributed by atoms with Crippen LogP contribution in [0.3, 0.4) is 0 Å². The Morgan fingerprint density at radius 1 is 1.18 bits per heavy atom. The molecule has 0 aliphatic heterocycles. The van der Waals surface area contributed by atoms with Gasteiger partial charge in [-0.2, -0.15) is 0 Å². The standard InChI is InChI=1S/C20H21N5O3/c1-23(2)19-8-7-17(25(27)28)11-18(19)20(26)22-12-15-3-5-16(6-4-15)13-24-10-9-21-14-24/h3-11,14H,12-13H2,1-2H3,(H,22,26). The number of anilines is 1. The Morgan fingerprint density at radius 3 is 2.50 bits per heavy atom. The molecule has 1 N–H and O–H groups in total. The summed E-state index contributed by atoms with van der Waals surface area (Å²) in [6.07, 6.45) is 5.39. The minimum atomic E-state index is -0.505. The average Bonchev–Trinajstić information content (AvgIpc) is 3.19. The number of nitrogens with zero attached hydrogens (tertiary/aromatic N) is 4. The SMILES string of the molecule is CN(C)c1ccc([N+](=O)[O-])cc1C(=O)NCc1ccc(Cn2ccnc2)cc1. The first-order valence-corrected chi connectivity index (χ1v) is 8.71. The maximum absolute atomic E-state index is 12.6. The smallest absolute Gasteiger partial charge is 0.270 e. The number of nitrogens with one attached hydrogen (secondary N) is 1. The predicted octanol–water partition coefficient (Wildman–Crippen LogP) is 2.84. The maximum atomic E-state index is 12.6. The second kappa shape index (κ2) is 8.34. The van der Waals surface area contributed by atoms with Crippen molar-refractivity contribution in [2.45, 2.75) is 13.1 Å². The molecule has 0 unspecified atom stereocenters. The van der Waals surface area contributed by atoms with E-state index in [-0.39, 0.29) is 17.2 Å². The Hall–Kier alpha value is -3.68. The number of imidazole rings is 1. The fourth-order valence-electron chi connectivity index (χ4n) is 2.84. The first-order valence-electron chi connectivity index (χ1n) is 8.71. The topological polar surface area (TPSA) is 93.3 Å². The van der Waals surface area contributed by atoms with Crippen molar-refractivity contribution in [1.82, 2.24) is 14.9 Å². The highest BCUT2D eigenvalue weighted by atomic mass is 16.6. The van der Waals surface area contributed by atoms with Gasteiger partial charge in [-0.25, -0.2) is 4.98 Å². The predicted molar refractivity (Wildman–Crippen MR) is 106 cm³/mol. The van der Waals surface area contributed by atoms with Crippen LogP contribution < -0.4 is 10.2 Å². The minimum Gasteiger partial charge on any atom is -0.377 e. The van der Waals surface area contributed by atoms with Crippen molar-refractivity contribution in [2.24, 2.45) is 0 Å². The van der Waals surface area contributed by atoms with E-state index in [4.69, 9.17) is 0 Å². The monoisotopic (exact) mass is 379 g/mol. The number of amides is 1. The molecule has 0 atom stereocenters. The van der Waals surface area contributed by atoms with Crippen molar-refractivity contribution in [2.75, 3.05) is 19.0 Å². The number of carbonyl (C=O) groups excluding carboxylic acids is 1. The molecular weight excluding hydrogens is 358 g/mol. The first-order chi connectivity index (χ1) is 13.4. The summed E-state index contributed by atoms with van der Waals surface area (Å²) < 4.78 is 1.97. The Balaban J connectivity index is 1.68. The quantitative estimate of drug-likeness (QED) is 0.503. The van der Waals surface area contributed by atoms with Crippen LogP contribution in [0, 0.1) is 10.1 Å². The van der Waals surface area contributed by atoms with Crippen LogP contribution in [0.4, 0.5) is 11.4 Å². The zero-order valence-electron chi connectivity index (χ0n) is 15.7. The molecule has 3 aromatic rings. The van der Waals surface area contributed by atoms with Crippen LogP contribution in [-0.2, 0) is 13.1 Å². The van der Waals surface area contributed by atoms with Crippen LogP contribution >= 0.6 is 0 Å². The lowest BCUT2D eigenvalue weighted by Gasteiger charge is -2.17. The van der Waals surface area contributed by atoms with Gasteiger partial charge >= 0.3 is 0 Å². The largest absolute Gasteiger partial charge is 0.377 e. The molecular formula is C20H21N5O3. The van der Waals surface area contributed by atoms with Gasteiger partial charge in [-0.1, -0.05) is 24.3 Å². The van der Waals surface area contributed by atoms with E-state index < -0.39 is 4.92 Å². The minimum absolute atomic E-state index is 0.111. The van der Waals surface area contributed by atoms with Crippen molar-refractivity contribution in [1.29, 1.82) is 0 Å². The summed E-state index contributed by atoms with van der Waals surface area (Å²) in [7, 11) is 3.58. The molecule has 0 fully saturated rings. The van der Waals surface area contributed by atoms with E-state index >= 15 is 0 Å². The lowest BCUT2D eigenvalue weighted by Crippen LogP contribution is -2.25. The molecule has 0 bridgehead atoms. The molecule has 3 rings (SSSR count). The molecule has 8 nitrogen and oxygen atoms in total. The molecule has 1 aromatic heterocycles. The molecule has 0 saturated heterocycles. The van der Waals surface area contributed by atoms with Crippen LogP contribution in [0.2, 0.25) is 0 Å². The molecule has 28 heavy (non-hydrogen) atoms. The fraction of sp³-hybridized carbons (Fsp3) is 0.200. The highest BCUT2D eigenvalue weighted by molar-refractivity contribution is 6.00. The van der Waals surface area contributed by atoms with Crippen molar-refractivity contribution in [3.8, 4) is 0 Å². The van der Waals surface area contributed by atoms with E-state index in [9.17, 15) is 14.9 Å². The second-order valence-electron chi connectivity index (χ2n) is 6.59. The second-order valence-corrected chi connectivity index (χ2v) is 6.59. The third-order valence-electron chi connectivity index (χ3n) is 4.32. The highest BCUT2D eigenvalue weighted by Crippen LogP contribution is 2.24. The summed E-state index contributed by atoms with van der Waals surface area (Å²) in [5, 5.41) is 13.9. The van der Waals surface area contributed by atoms with Gasteiger partial charge in [0.05, 0.1) is 16.8 Å². The van der Waals surface area contributed by atoms with Gasteiger partial charge < -0.3 is 14.8 Å². The van der Waals surface area contributed by atoms with Gasteiger partial charge in [0.25, 0.3) is 11.6 Å². The molecule has 0 aliphatic rings. The van der Waals surface area contributed by atoms with E-state index in [2.05, 4.69) is 10.3 Å². The zero-order chi connectivity index (χ0) is 20.1. The Labute approximate surface area is 162 Å². The van der Waals surface area contributed by atoms with Crippen molar-refractivity contribution >= 4 is 17.3 Å². The average molecular weight is 379 g/mol. The number of benzene rings is 2. The molecule has 1 heterocycles. The van der Waals surface area contributed by atoms with Crippen molar-refractivity contribution in [3.63, 3.8) is 0 Å². The lowest BCUT2D eigenvalue weighted by atomic mass is 10.1. The zero-order valence-corrected chi connectivity index (χ0v) is 15.7. The summed E-state index contributed by atoms with van der Waals surface area (Å²) in [6.45, 7) is 1.06. The molecule has 0 radical (unpaired) electrons. The summed E-state index contributed by atoms with van der Waals surface area (Å²) >= 11 is 0. The molecule has 2 aromatic carbocycles. The summed E-state index contributed by atoms with van der Waals surface area (Å²) in [6, 6.07) is 12.2. The number of carbonyl (C=O) groups is 1. The van der Waals surface area contributed by atoms with Gasteiger partial charge in [-0.05, 0) is 17.2 Å². The number of aromatic nitrogens is 2. The third-order valence-corrected chi connectivity index (χ3v) is 4.32. The molecule has 0 spiro atoms. The number of non-ortho nitro benzene ring substituents is 1. The molecule has 0 saturated carbocycles. The normalized spacial score (nSPS) is 10.5. The van der Waals surface area contributed by atoms with Crippen LogP contribution in [-0.4, -0.2) is 34.5 Å². The number of nitro groups is 1. The van der Waals surface area contributed by atoms with Gasteiger partial charge in [0.1, 0.15) is 0 Å². The lowest BCUT2D eigenvalue weighted by molar-refractivity contribution is -0.384. The van der Waals surface area contributed by atoms with Crippen LogP contribution in [0.25, 0.3) is 0 Å². The number of nitro benzene ring substituents is 1. The highest BCUT2D eigenvalue weighted by Gasteiger charge is 2.17. The van der Waals surface area contributed by atoms with Crippen molar-refractivity contribution < 1.29 is 9.72 Å². The molecule has 1 amide bonds. The number of hydrogen-bond acceptors (Lipinski definition) is 5. The van der Waals surface area contributed by atoms with Gasteiger partial charge in [0, 0.05) is 57.4 Å². The van der Waals surface area contributed by atoms with Crippen molar-refractivity contribution in [3.05, 3.63) is 88.0 Å². The van der Waals surface area contributed by atoms with E-state index in [0.717, 1.165) is 17.7 Å². The van der Waals surface area contributed by atoms with Gasteiger partial charge in [-0.15, -0.1) is 0 Å².